The minimum absolute atomic E-state index is 0.0900. The van der Waals surface area contributed by atoms with Gasteiger partial charge in [0.1, 0.15) is 5.82 Å². The first-order chi connectivity index (χ1) is 6.94. The number of nitrogens with two attached hydrogens (primary N) is 1. The van der Waals surface area contributed by atoms with Gasteiger partial charge in [-0.15, -0.1) is 0 Å². The number of hydrogen-bond acceptors (Lipinski definition) is 3. The molecule has 0 saturated heterocycles. The third-order valence-corrected chi connectivity index (χ3v) is 2.20. The Hall–Kier alpha value is -1.00. The van der Waals surface area contributed by atoms with Gasteiger partial charge in [-0.25, -0.2) is 4.39 Å². The number of pyridine rings is 1. The van der Waals surface area contributed by atoms with Crippen molar-refractivity contribution in [1.82, 2.24) is 10.4 Å². The molecule has 1 heterocycles. The van der Waals surface area contributed by atoms with Gasteiger partial charge in [0.2, 0.25) is 0 Å². The number of rotatable bonds is 3. The average molecular weight is 211 g/mol. The van der Waals surface area contributed by atoms with Crippen molar-refractivity contribution in [3.63, 3.8) is 0 Å². The standard InChI is InChI=1S/C11H18FN3/c1-11(2,3)6-10(15-13)8-4-5-14-7-9(8)12/h4-5,7,10,15H,6,13H2,1-3H3. The molecule has 1 aromatic heterocycles. The summed E-state index contributed by atoms with van der Waals surface area (Å²) in [5.41, 5.74) is 3.31. The fourth-order valence-electron chi connectivity index (χ4n) is 1.54. The van der Waals surface area contributed by atoms with Crippen LogP contribution in [-0.4, -0.2) is 4.98 Å². The normalized spacial score (nSPS) is 13.9. The summed E-state index contributed by atoms with van der Waals surface area (Å²) in [6.07, 6.45) is 3.55. The lowest BCUT2D eigenvalue weighted by atomic mass is 9.86. The largest absolute Gasteiger partial charge is 0.271 e. The van der Waals surface area contributed by atoms with Crippen LogP contribution in [0.5, 0.6) is 0 Å². The van der Waals surface area contributed by atoms with E-state index in [1.165, 1.54) is 6.20 Å². The molecule has 3 N–H and O–H groups in total. The zero-order chi connectivity index (χ0) is 11.5. The van der Waals surface area contributed by atoms with Crippen molar-refractivity contribution in [2.24, 2.45) is 11.3 Å². The third kappa shape index (κ3) is 3.57. The maximum Gasteiger partial charge on any atom is 0.146 e. The van der Waals surface area contributed by atoms with Crippen LogP contribution in [-0.2, 0) is 0 Å². The molecule has 0 aliphatic carbocycles. The Kier molecular flexibility index (Phi) is 3.77. The highest BCUT2D eigenvalue weighted by atomic mass is 19.1. The summed E-state index contributed by atoms with van der Waals surface area (Å²) in [6, 6.07) is 1.49. The molecule has 84 valence electrons. The molecular weight excluding hydrogens is 193 g/mol. The number of nitrogens with zero attached hydrogens (tertiary/aromatic N) is 1. The molecule has 0 spiro atoms. The first kappa shape index (κ1) is 12.1. The minimum atomic E-state index is -0.315. The summed E-state index contributed by atoms with van der Waals surface area (Å²) in [6.45, 7) is 6.28. The van der Waals surface area contributed by atoms with Crippen LogP contribution in [0.25, 0.3) is 0 Å². The van der Waals surface area contributed by atoms with Gasteiger partial charge in [0.15, 0.2) is 0 Å². The number of aromatic nitrogens is 1. The molecule has 0 amide bonds. The molecule has 0 radical (unpaired) electrons. The van der Waals surface area contributed by atoms with E-state index in [2.05, 4.69) is 31.2 Å². The monoisotopic (exact) mass is 211 g/mol. The second-order valence-electron chi connectivity index (χ2n) is 4.88. The van der Waals surface area contributed by atoms with Crippen molar-refractivity contribution in [2.75, 3.05) is 0 Å². The minimum Gasteiger partial charge on any atom is -0.271 e. The van der Waals surface area contributed by atoms with E-state index in [0.717, 1.165) is 6.42 Å². The maximum absolute atomic E-state index is 13.4. The zero-order valence-electron chi connectivity index (χ0n) is 9.42. The fourth-order valence-corrected chi connectivity index (χ4v) is 1.54. The summed E-state index contributed by atoms with van der Waals surface area (Å²) in [7, 11) is 0. The Morgan fingerprint density at radius 2 is 2.20 bits per heavy atom. The van der Waals surface area contributed by atoms with Crippen LogP contribution in [0.3, 0.4) is 0 Å². The highest BCUT2D eigenvalue weighted by Gasteiger charge is 2.21. The molecule has 1 unspecified atom stereocenters. The van der Waals surface area contributed by atoms with Gasteiger partial charge in [-0.1, -0.05) is 20.8 Å². The van der Waals surface area contributed by atoms with Crippen molar-refractivity contribution in [3.05, 3.63) is 29.8 Å². The van der Waals surface area contributed by atoms with E-state index in [1.807, 2.05) is 0 Å². The van der Waals surface area contributed by atoms with Gasteiger partial charge < -0.3 is 0 Å². The van der Waals surface area contributed by atoms with Crippen LogP contribution in [0.1, 0.15) is 38.8 Å². The molecular formula is C11H18FN3. The van der Waals surface area contributed by atoms with Gasteiger partial charge in [-0.2, -0.15) is 0 Å². The lowest BCUT2D eigenvalue weighted by molar-refractivity contribution is 0.308. The van der Waals surface area contributed by atoms with E-state index in [1.54, 1.807) is 12.3 Å². The number of hydrazine groups is 1. The first-order valence-corrected chi connectivity index (χ1v) is 4.99. The van der Waals surface area contributed by atoms with E-state index in [0.29, 0.717) is 5.56 Å². The summed E-state index contributed by atoms with van der Waals surface area (Å²) in [5, 5.41) is 0. The quantitative estimate of drug-likeness (QED) is 0.595. The Morgan fingerprint density at radius 1 is 1.53 bits per heavy atom. The van der Waals surface area contributed by atoms with Crippen LogP contribution in [0, 0.1) is 11.2 Å². The van der Waals surface area contributed by atoms with Crippen molar-refractivity contribution in [1.29, 1.82) is 0 Å². The summed E-state index contributed by atoms with van der Waals surface area (Å²) < 4.78 is 13.4. The molecule has 3 nitrogen and oxygen atoms in total. The molecule has 1 rings (SSSR count). The van der Waals surface area contributed by atoms with Crippen LogP contribution >= 0.6 is 0 Å². The van der Waals surface area contributed by atoms with Gasteiger partial charge in [0.25, 0.3) is 0 Å². The Balaban J connectivity index is 2.88. The predicted octanol–water partition coefficient (Wildman–Crippen LogP) is 2.16. The van der Waals surface area contributed by atoms with Crippen LogP contribution in [0.2, 0.25) is 0 Å². The molecule has 15 heavy (non-hydrogen) atoms. The van der Waals surface area contributed by atoms with Gasteiger partial charge in [-0.05, 0) is 17.9 Å². The third-order valence-electron chi connectivity index (χ3n) is 2.20. The van der Waals surface area contributed by atoms with Gasteiger partial charge >= 0.3 is 0 Å². The molecule has 1 atom stereocenters. The zero-order valence-corrected chi connectivity index (χ0v) is 9.42. The van der Waals surface area contributed by atoms with Crippen molar-refractivity contribution in [3.8, 4) is 0 Å². The predicted molar refractivity (Wildman–Crippen MR) is 58.3 cm³/mol. The first-order valence-electron chi connectivity index (χ1n) is 4.99. The topological polar surface area (TPSA) is 50.9 Å². The van der Waals surface area contributed by atoms with Crippen molar-refractivity contribution >= 4 is 0 Å². The smallest absolute Gasteiger partial charge is 0.146 e. The lowest BCUT2D eigenvalue weighted by Gasteiger charge is -2.25. The molecule has 0 bridgehead atoms. The van der Waals surface area contributed by atoms with Gasteiger partial charge in [-0.3, -0.25) is 16.3 Å². The second kappa shape index (κ2) is 4.68. The van der Waals surface area contributed by atoms with Crippen LogP contribution < -0.4 is 11.3 Å². The van der Waals surface area contributed by atoms with E-state index < -0.39 is 0 Å². The van der Waals surface area contributed by atoms with E-state index in [9.17, 15) is 4.39 Å². The summed E-state index contributed by atoms with van der Waals surface area (Å²) in [5.74, 6) is 5.13. The summed E-state index contributed by atoms with van der Waals surface area (Å²) in [4.78, 5) is 3.71. The number of nitrogens with one attached hydrogen (secondary N) is 1. The second-order valence-corrected chi connectivity index (χ2v) is 4.88. The van der Waals surface area contributed by atoms with Crippen LogP contribution in [0.4, 0.5) is 4.39 Å². The van der Waals surface area contributed by atoms with E-state index in [4.69, 9.17) is 5.84 Å². The van der Waals surface area contributed by atoms with E-state index >= 15 is 0 Å². The van der Waals surface area contributed by atoms with Crippen molar-refractivity contribution < 1.29 is 4.39 Å². The molecule has 0 aliphatic rings. The molecule has 0 fully saturated rings. The van der Waals surface area contributed by atoms with Gasteiger partial charge in [0, 0.05) is 17.8 Å². The fraction of sp³-hybridized carbons (Fsp3) is 0.545. The molecule has 0 saturated carbocycles. The van der Waals surface area contributed by atoms with Gasteiger partial charge in [0.05, 0.1) is 6.20 Å². The average Bonchev–Trinajstić information content (AvgIpc) is 2.14. The SMILES string of the molecule is CC(C)(C)CC(NN)c1ccncc1F. The molecule has 1 aromatic rings. The summed E-state index contributed by atoms with van der Waals surface area (Å²) >= 11 is 0. The lowest BCUT2D eigenvalue weighted by Crippen LogP contribution is -2.31. The highest BCUT2D eigenvalue weighted by molar-refractivity contribution is 5.17. The molecule has 0 aliphatic heterocycles. The number of halogens is 1. The Labute approximate surface area is 89.9 Å². The Morgan fingerprint density at radius 3 is 2.67 bits per heavy atom. The van der Waals surface area contributed by atoms with Crippen molar-refractivity contribution in [2.45, 2.75) is 33.2 Å². The Bertz CT molecular complexity index is 320. The molecule has 0 aromatic carbocycles. The molecule has 4 heteroatoms. The maximum atomic E-state index is 13.4. The van der Waals surface area contributed by atoms with E-state index in [-0.39, 0.29) is 17.3 Å². The number of hydrogen-bond donors (Lipinski definition) is 2. The highest BCUT2D eigenvalue weighted by Crippen LogP contribution is 2.29. The van der Waals surface area contributed by atoms with Crippen LogP contribution in [0.15, 0.2) is 18.5 Å².